The van der Waals surface area contributed by atoms with E-state index in [4.69, 9.17) is 22.7 Å². The number of rotatable bonds is 5. The van der Waals surface area contributed by atoms with E-state index < -0.39 is 0 Å². The van der Waals surface area contributed by atoms with E-state index in [9.17, 15) is 0 Å². The summed E-state index contributed by atoms with van der Waals surface area (Å²) < 4.78 is 0. The van der Waals surface area contributed by atoms with Gasteiger partial charge in [-0.2, -0.15) is 0 Å². The van der Waals surface area contributed by atoms with Crippen molar-refractivity contribution in [3.8, 4) is 0 Å². The van der Waals surface area contributed by atoms with Gasteiger partial charge in [0.05, 0.1) is 6.04 Å². The topological polar surface area (TPSA) is 74.3 Å². The summed E-state index contributed by atoms with van der Waals surface area (Å²) in [5.41, 5.74) is 7.43. The first-order valence-corrected chi connectivity index (χ1v) is 7.26. The maximum absolute atomic E-state index is 7.68. The van der Waals surface area contributed by atoms with E-state index in [-0.39, 0.29) is 11.2 Å². The molecule has 0 amide bonds. The Morgan fingerprint density at radius 3 is 2.45 bits per heavy atom. The minimum Gasteiger partial charge on any atom is -0.383 e. The van der Waals surface area contributed by atoms with Crippen LogP contribution in [-0.4, -0.2) is 30.1 Å². The molecule has 1 heterocycles. The molecule has 0 aliphatic carbocycles. The Kier molecular flexibility index (Phi) is 7.26. The molecule has 1 fully saturated rings. The van der Waals surface area contributed by atoms with Gasteiger partial charge in [0.1, 0.15) is 11.0 Å². The van der Waals surface area contributed by atoms with Gasteiger partial charge in [-0.05, 0) is 33.2 Å². The Bertz CT molecular complexity index is 454. The fourth-order valence-corrected chi connectivity index (χ4v) is 2.30. The molecule has 1 rings (SSSR count). The van der Waals surface area contributed by atoms with Crippen LogP contribution in [0.2, 0.25) is 0 Å². The van der Waals surface area contributed by atoms with Gasteiger partial charge in [0, 0.05) is 17.7 Å². The zero-order chi connectivity index (χ0) is 15.0. The van der Waals surface area contributed by atoms with E-state index >= 15 is 0 Å². The molecule has 1 aliphatic rings. The maximum Gasteiger partial charge on any atom is 0.128 e. The molecule has 110 valence electrons. The van der Waals surface area contributed by atoms with Crippen molar-refractivity contribution in [2.45, 2.75) is 32.7 Å². The average Bonchev–Trinajstić information content (AvgIpc) is 2.43. The van der Waals surface area contributed by atoms with Gasteiger partial charge >= 0.3 is 0 Å². The second-order valence-electron chi connectivity index (χ2n) is 4.66. The molecule has 0 aromatic rings. The Hall–Kier alpha value is -1.39. The van der Waals surface area contributed by atoms with Crippen molar-refractivity contribution in [1.29, 1.82) is 5.41 Å². The smallest absolute Gasteiger partial charge is 0.128 e. The minimum absolute atomic E-state index is 0.0314. The molecule has 1 atom stereocenters. The number of piperidine rings is 1. The molecule has 0 saturated carbocycles. The van der Waals surface area contributed by atoms with Crippen molar-refractivity contribution in [3.05, 3.63) is 35.5 Å². The first-order valence-electron chi connectivity index (χ1n) is 6.88. The summed E-state index contributed by atoms with van der Waals surface area (Å²) in [4.78, 5) is 4.57. The van der Waals surface area contributed by atoms with E-state index in [2.05, 4.69) is 10.3 Å². The lowest BCUT2D eigenvalue weighted by molar-refractivity contribution is 0.461. The lowest BCUT2D eigenvalue weighted by atomic mass is 10.0. The SMILES string of the molecule is C\C=C/C(C(=N)Cl)=C(\C=C/C)C(N)=NC1CCCNC1. The molecule has 20 heavy (non-hydrogen) atoms. The lowest BCUT2D eigenvalue weighted by Crippen LogP contribution is -2.34. The van der Waals surface area contributed by atoms with Crippen LogP contribution in [0.5, 0.6) is 0 Å². The molecule has 0 radical (unpaired) electrons. The summed E-state index contributed by atoms with van der Waals surface area (Å²) in [5.74, 6) is 0.440. The summed E-state index contributed by atoms with van der Waals surface area (Å²) in [6.07, 6.45) is 9.49. The van der Waals surface area contributed by atoms with Crippen LogP contribution in [0, 0.1) is 5.41 Å². The van der Waals surface area contributed by atoms with Crippen LogP contribution < -0.4 is 11.1 Å². The molecule has 1 aliphatic heterocycles. The highest BCUT2D eigenvalue weighted by molar-refractivity contribution is 6.69. The van der Waals surface area contributed by atoms with Crippen LogP contribution in [-0.2, 0) is 0 Å². The monoisotopic (exact) mass is 294 g/mol. The lowest BCUT2D eigenvalue weighted by Gasteiger charge is -2.20. The molecule has 0 spiro atoms. The van der Waals surface area contributed by atoms with Crippen molar-refractivity contribution < 1.29 is 0 Å². The molecule has 4 nitrogen and oxygen atoms in total. The predicted octanol–water partition coefficient (Wildman–Crippen LogP) is 2.76. The molecule has 5 heteroatoms. The number of hydrogen-bond acceptors (Lipinski definition) is 3. The van der Waals surface area contributed by atoms with Gasteiger partial charge in [-0.15, -0.1) is 0 Å². The number of amidine groups is 1. The van der Waals surface area contributed by atoms with Crippen LogP contribution >= 0.6 is 11.6 Å². The first-order chi connectivity index (χ1) is 9.60. The fraction of sp³-hybridized carbons (Fsp3) is 0.467. The Morgan fingerprint density at radius 2 is 1.95 bits per heavy atom. The largest absolute Gasteiger partial charge is 0.383 e. The van der Waals surface area contributed by atoms with Crippen molar-refractivity contribution in [3.63, 3.8) is 0 Å². The molecule has 1 saturated heterocycles. The summed E-state index contributed by atoms with van der Waals surface area (Å²) in [5, 5.41) is 11.0. The third kappa shape index (κ3) is 4.94. The quantitative estimate of drug-likeness (QED) is 0.414. The number of hydrogen-bond donors (Lipinski definition) is 3. The molecule has 4 N–H and O–H groups in total. The highest BCUT2D eigenvalue weighted by Crippen LogP contribution is 2.15. The van der Waals surface area contributed by atoms with E-state index in [1.165, 1.54) is 0 Å². The van der Waals surface area contributed by atoms with Crippen LogP contribution in [0.1, 0.15) is 26.7 Å². The number of nitrogens with zero attached hydrogens (tertiary/aromatic N) is 1. The zero-order valence-electron chi connectivity index (χ0n) is 12.1. The highest BCUT2D eigenvalue weighted by atomic mass is 35.5. The third-order valence-corrected chi connectivity index (χ3v) is 3.27. The number of aliphatic imine (C=N–C) groups is 1. The molecule has 1 unspecified atom stereocenters. The summed E-state index contributed by atoms with van der Waals surface area (Å²) in [7, 11) is 0. The van der Waals surface area contributed by atoms with Gasteiger partial charge in [0.2, 0.25) is 0 Å². The Morgan fingerprint density at radius 1 is 1.30 bits per heavy atom. The number of allylic oxidation sites excluding steroid dienone is 4. The highest BCUT2D eigenvalue weighted by Gasteiger charge is 2.14. The van der Waals surface area contributed by atoms with Gasteiger partial charge in [0.25, 0.3) is 0 Å². The van der Waals surface area contributed by atoms with Crippen molar-refractivity contribution in [2.75, 3.05) is 13.1 Å². The molecule has 0 bridgehead atoms. The second-order valence-corrected chi connectivity index (χ2v) is 5.03. The van der Waals surface area contributed by atoms with Crippen LogP contribution in [0.3, 0.4) is 0 Å². The van der Waals surface area contributed by atoms with Crippen LogP contribution in [0.25, 0.3) is 0 Å². The Balaban J connectivity index is 3.13. The Labute approximate surface area is 126 Å². The predicted molar refractivity (Wildman–Crippen MR) is 87.7 cm³/mol. The normalized spacial score (nSPS) is 22.4. The summed E-state index contributed by atoms with van der Waals surface area (Å²) in [6, 6.07) is 0.195. The van der Waals surface area contributed by atoms with Crippen molar-refractivity contribution >= 4 is 22.6 Å². The van der Waals surface area contributed by atoms with Crippen molar-refractivity contribution in [1.82, 2.24) is 5.32 Å². The van der Waals surface area contributed by atoms with Crippen LogP contribution in [0.4, 0.5) is 0 Å². The minimum atomic E-state index is -0.0314. The summed E-state index contributed by atoms with van der Waals surface area (Å²) in [6.45, 7) is 5.67. The molecular weight excluding hydrogens is 272 g/mol. The fourth-order valence-electron chi connectivity index (χ4n) is 2.14. The molecule has 0 aromatic carbocycles. The van der Waals surface area contributed by atoms with Crippen molar-refractivity contribution in [2.24, 2.45) is 10.7 Å². The number of halogens is 1. The van der Waals surface area contributed by atoms with Gasteiger partial charge in [0.15, 0.2) is 0 Å². The van der Waals surface area contributed by atoms with E-state index in [1.54, 1.807) is 6.08 Å². The summed E-state index contributed by atoms with van der Waals surface area (Å²) >= 11 is 5.86. The van der Waals surface area contributed by atoms with E-state index in [0.717, 1.165) is 25.9 Å². The number of nitrogens with one attached hydrogen (secondary N) is 2. The van der Waals surface area contributed by atoms with Gasteiger partial charge < -0.3 is 11.1 Å². The van der Waals surface area contributed by atoms with Crippen LogP contribution in [0.15, 0.2) is 40.4 Å². The molecular formula is C15H23ClN4. The first kappa shape index (κ1) is 16.7. The van der Waals surface area contributed by atoms with E-state index in [0.29, 0.717) is 17.0 Å². The zero-order valence-corrected chi connectivity index (χ0v) is 12.9. The third-order valence-electron chi connectivity index (χ3n) is 3.06. The molecule has 0 aromatic heterocycles. The van der Waals surface area contributed by atoms with Gasteiger partial charge in [-0.1, -0.05) is 35.9 Å². The van der Waals surface area contributed by atoms with E-state index in [1.807, 2.05) is 32.1 Å². The van der Waals surface area contributed by atoms with Gasteiger partial charge in [-0.25, -0.2) is 0 Å². The maximum atomic E-state index is 7.68. The number of nitrogens with two attached hydrogens (primary N) is 1. The second kappa shape index (κ2) is 8.72. The van der Waals surface area contributed by atoms with Gasteiger partial charge in [-0.3, -0.25) is 10.4 Å². The average molecular weight is 295 g/mol. The standard InChI is InChI=1S/C15H23ClN4/c1-3-6-12(14(16)17)13(7-4-2)15(18)20-11-8-5-9-19-10-11/h3-4,6-7,11,17,19H,5,8-10H2,1-2H3,(H2,18,20)/b6-3-,7-4-,13-12-,17-14?.